The van der Waals surface area contributed by atoms with Crippen LogP contribution in [0.3, 0.4) is 0 Å². The summed E-state index contributed by atoms with van der Waals surface area (Å²) in [6, 6.07) is 42.1. The zero-order valence-corrected chi connectivity index (χ0v) is 29.1. The van der Waals surface area contributed by atoms with Crippen molar-refractivity contribution in [3.63, 3.8) is 0 Å². The van der Waals surface area contributed by atoms with Crippen LogP contribution in [0.25, 0.3) is 12.2 Å². The van der Waals surface area contributed by atoms with Gasteiger partial charge < -0.3 is 10.6 Å². The maximum absolute atomic E-state index is 13.6. The summed E-state index contributed by atoms with van der Waals surface area (Å²) in [6.45, 7) is 0. The minimum Gasteiger partial charge on any atom is -0.322 e. The number of ketones is 2. The molecule has 2 N–H and O–H groups in total. The molecule has 0 atom stereocenters. The van der Waals surface area contributed by atoms with Gasteiger partial charge in [0.1, 0.15) is 0 Å². The molecular weight excluding hydrogens is 691 g/mol. The van der Waals surface area contributed by atoms with Crippen molar-refractivity contribution in [3.8, 4) is 0 Å². The van der Waals surface area contributed by atoms with Gasteiger partial charge in [0.15, 0.2) is 11.6 Å². The first-order chi connectivity index (χ1) is 26.7. The third kappa shape index (κ3) is 8.16. The highest BCUT2D eigenvalue weighted by molar-refractivity contribution is 6.35. The van der Waals surface area contributed by atoms with Crippen LogP contribution < -0.4 is 15.5 Å². The van der Waals surface area contributed by atoms with Gasteiger partial charge in [0, 0.05) is 33.6 Å². The van der Waals surface area contributed by atoms with Gasteiger partial charge in [-0.15, -0.1) is 0 Å². The molecule has 1 aliphatic rings. The molecule has 0 fully saturated rings. The highest BCUT2D eigenvalue weighted by Gasteiger charge is 2.37. The van der Waals surface area contributed by atoms with Crippen LogP contribution in [0.15, 0.2) is 164 Å². The fraction of sp³-hybridized carbons (Fsp3) is 0. The Bertz CT molecular complexity index is 2560. The Morgan fingerprint density at radius 3 is 1.45 bits per heavy atom. The summed E-state index contributed by atoms with van der Waals surface area (Å²) < 4.78 is 0. The molecule has 55 heavy (non-hydrogen) atoms. The zero-order valence-electron chi connectivity index (χ0n) is 29.1. The molecule has 0 spiro atoms. The van der Waals surface area contributed by atoms with Crippen molar-refractivity contribution in [2.45, 2.75) is 0 Å². The van der Waals surface area contributed by atoms with E-state index in [9.17, 15) is 28.8 Å². The van der Waals surface area contributed by atoms with Gasteiger partial charge in [-0.1, -0.05) is 103 Å². The third-order valence-electron chi connectivity index (χ3n) is 8.78. The number of nitrogens with zero attached hydrogens (tertiary/aromatic N) is 1. The van der Waals surface area contributed by atoms with Crippen molar-refractivity contribution in [2.75, 3.05) is 15.5 Å². The molecule has 0 aromatic heterocycles. The molecule has 9 nitrogen and oxygen atoms in total. The van der Waals surface area contributed by atoms with Gasteiger partial charge in [0.25, 0.3) is 23.6 Å². The van der Waals surface area contributed by atoms with E-state index in [1.165, 1.54) is 42.5 Å². The normalized spacial score (nSPS) is 12.2. The van der Waals surface area contributed by atoms with E-state index in [2.05, 4.69) is 10.6 Å². The second-order valence-electron chi connectivity index (χ2n) is 12.5. The fourth-order valence-electron chi connectivity index (χ4n) is 5.97. The molecule has 7 rings (SSSR count). The largest absolute Gasteiger partial charge is 0.322 e. The van der Waals surface area contributed by atoms with Crippen LogP contribution >= 0.6 is 0 Å². The number of anilines is 3. The summed E-state index contributed by atoms with van der Waals surface area (Å²) in [6.07, 6.45) is 6.35. The number of amides is 4. The molecule has 0 bridgehead atoms. The predicted molar refractivity (Wildman–Crippen MR) is 212 cm³/mol. The Morgan fingerprint density at radius 1 is 0.436 bits per heavy atom. The highest BCUT2D eigenvalue weighted by atomic mass is 16.2. The van der Waals surface area contributed by atoms with Crippen LogP contribution in [-0.4, -0.2) is 35.2 Å². The van der Waals surface area contributed by atoms with E-state index in [-0.39, 0.29) is 39.5 Å². The zero-order chi connectivity index (χ0) is 38.3. The van der Waals surface area contributed by atoms with Crippen LogP contribution in [0.4, 0.5) is 17.1 Å². The molecule has 0 saturated heterocycles. The quantitative estimate of drug-likeness (QED) is 0.0782. The van der Waals surface area contributed by atoms with Gasteiger partial charge in [-0.2, -0.15) is 0 Å². The summed E-state index contributed by atoms with van der Waals surface area (Å²) in [7, 11) is 0. The fourth-order valence-corrected chi connectivity index (χ4v) is 5.97. The minimum atomic E-state index is -0.653. The van der Waals surface area contributed by atoms with Crippen molar-refractivity contribution >= 4 is 64.4 Å². The topological polar surface area (TPSA) is 130 Å². The van der Waals surface area contributed by atoms with Crippen molar-refractivity contribution in [2.24, 2.45) is 0 Å². The third-order valence-corrected chi connectivity index (χ3v) is 8.78. The summed E-state index contributed by atoms with van der Waals surface area (Å²) in [4.78, 5) is 80.2. The second-order valence-corrected chi connectivity index (χ2v) is 12.5. The van der Waals surface area contributed by atoms with E-state index in [0.717, 1.165) is 16.0 Å². The molecule has 266 valence electrons. The van der Waals surface area contributed by atoms with E-state index >= 15 is 0 Å². The Kier molecular flexibility index (Phi) is 10.3. The van der Waals surface area contributed by atoms with Gasteiger partial charge in [-0.3, -0.25) is 28.8 Å². The first kappa shape index (κ1) is 35.6. The van der Waals surface area contributed by atoms with E-state index < -0.39 is 23.6 Å². The van der Waals surface area contributed by atoms with Crippen LogP contribution in [-0.2, 0) is 0 Å². The van der Waals surface area contributed by atoms with Gasteiger partial charge in [-0.05, 0) is 83.9 Å². The lowest BCUT2D eigenvalue weighted by Gasteiger charge is -2.15. The maximum Gasteiger partial charge on any atom is 0.266 e. The summed E-state index contributed by atoms with van der Waals surface area (Å²) in [5, 5.41) is 5.54. The highest BCUT2D eigenvalue weighted by Crippen LogP contribution is 2.30. The smallest absolute Gasteiger partial charge is 0.266 e. The summed E-state index contributed by atoms with van der Waals surface area (Å²) in [5.41, 5.74) is 3.89. The van der Waals surface area contributed by atoms with Crippen LogP contribution in [0, 0.1) is 0 Å². The molecule has 6 aromatic rings. The Balaban J connectivity index is 1.02. The van der Waals surface area contributed by atoms with Crippen LogP contribution in [0.1, 0.15) is 73.3 Å². The number of fused-ring (bicyclic) bond motifs is 1. The average molecular weight is 722 g/mol. The molecule has 9 heteroatoms. The van der Waals surface area contributed by atoms with E-state index in [1.807, 2.05) is 60.7 Å². The molecule has 4 amide bonds. The standard InChI is InChI=1S/C46H31N3O6/c50-41(24-20-30-10-3-1-4-11-30)32-14-7-17-36(26-32)47-43(52)34-16-9-19-38(28-34)49-45(54)39-23-22-35(29-40(39)46(49)55)44(53)48-37-18-8-15-33(27-37)42(51)25-21-31-12-5-2-6-13-31/h1-29H,(H,47,52)(H,48,53)/b24-20+,25-21+. The number of rotatable bonds is 11. The Labute approximate surface area is 316 Å². The van der Waals surface area contributed by atoms with Crippen molar-refractivity contribution in [1.29, 1.82) is 0 Å². The van der Waals surface area contributed by atoms with Gasteiger partial charge in [-0.25, -0.2) is 4.90 Å². The van der Waals surface area contributed by atoms with Gasteiger partial charge >= 0.3 is 0 Å². The summed E-state index contributed by atoms with van der Waals surface area (Å²) in [5.74, 6) is -2.78. The molecular formula is C46H31N3O6. The molecule has 1 heterocycles. The lowest BCUT2D eigenvalue weighted by molar-refractivity contribution is 0.0922. The number of hydrogen-bond donors (Lipinski definition) is 2. The first-order valence-corrected chi connectivity index (χ1v) is 17.2. The average Bonchev–Trinajstić information content (AvgIpc) is 3.47. The second kappa shape index (κ2) is 15.9. The number of imide groups is 1. The van der Waals surface area contributed by atoms with Crippen LogP contribution in [0.5, 0.6) is 0 Å². The summed E-state index contributed by atoms with van der Waals surface area (Å²) >= 11 is 0. The molecule has 6 aromatic carbocycles. The van der Waals surface area contributed by atoms with E-state index in [4.69, 9.17) is 0 Å². The molecule has 0 aliphatic carbocycles. The van der Waals surface area contributed by atoms with Crippen LogP contribution in [0.2, 0.25) is 0 Å². The lowest BCUT2D eigenvalue weighted by atomic mass is 10.0. The number of carbonyl (C=O) groups excluding carboxylic acids is 6. The molecule has 1 aliphatic heterocycles. The number of allylic oxidation sites excluding steroid dienone is 2. The lowest BCUT2D eigenvalue weighted by Crippen LogP contribution is -2.29. The Morgan fingerprint density at radius 2 is 0.909 bits per heavy atom. The minimum absolute atomic E-state index is 0.0327. The monoisotopic (exact) mass is 721 g/mol. The van der Waals surface area contributed by atoms with Gasteiger partial charge in [0.05, 0.1) is 16.8 Å². The van der Waals surface area contributed by atoms with E-state index in [0.29, 0.717) is 22.5 Å². The van der Waals surface area contributed by atoms with Gasteiger partial charge in [0.2, 0.25) is 0 Å². The number of hydrogen-bond acceptors (Lipinski definition) is 6. The van der Waals surface area contributed by atoms with E-state index in [1.54, 1.807) is 72.8 Å². The first-order valence-electron chi connectivity index (χ1n) is 17.2. The molecule has 0 radical (unpaired) electrons. The Hall–Kier alpha value is -7.78. The van der Waals surface area contributed by atoms with Crippen molar-refractivity contribution in [1.82, 2.24) is 0 Å². The maximum atomic E-state index is 13.6. The number of benzene rings is 6. The number of nitrogens with one attached hydrogen (secondary N) is 2. The number of carbonyl (C=O) groups is 6. The van der Waals surface area contributed by atoms with Crippen molar-refractivity contribution < 1.29 is 28.8 Å². The molecule has 0 unspecified atom stereocenters. The molecule has 0 saturated carbocycles. The predicted octanol–water partition coefficient (Wildman–Crippen LogP) is 8.78. The SMILES string of the molecule is O=C(/C=C/c1ccccc1)c1cccc(NC(=O)c2cccc(N3C(=O)c4ccc(C(=O)Nc5cccc(C(=O)/C=C/c6ccccc6)c5)cc4C3=O)c2)c1. The van der Waals surface area contributed by atoms with Crippen molar-refractivity contribution in [3.05, 3.63) is 208 Å².